The lowest BCUT2D eigenvalue weighted by molar-refractivity contribution is 0.254. The highest BCUT2D eigenvalue weighted by Crippen LogP contribution is 2.27. The van der Waals surface area contributed by atoms with Crippen LogP contribution in [0, 0.1) is 6.57 Å². The van der Waals surface area contributed by atoms with Gasteiger partial charge in [0, 0.05) is 25.1 Å². The molecule has 0 saturated carbocycles. The Morgan fingerprint density at radius 1 is 1.50 bits per heavy atom. The number of rotatable bonds is 3. The van der Waals surface area contributed by atoms with Crippen molar-refractivity contribution in [2.24, 2.45) is 0 Å². The van der Waals surface area contributed by atoms with Crippen molar-refractivity contribution in [2.45, 2.75) is 0 Å². The third-order valence-electron chi connectivity index (χ3n) is 2.28. The van der Waals surface area contributed by atoms with Gasteiger partial charge in [-0.05, 0) is 17.6 Å². The third kappa shape index (κ3) is 2.93. The van der Waals surface area contributed by atoms with Gasteiger partial charge in [0.25, 0.3) is 5.56 Å². The Morgan fingerprint density at radius 3 is 3.00 bits per heavy atom. The topological polar surface area (TPSA) is 103 Å². The number of nitrogens with one attached hydrogen (secondary N) is 4. The van der Waals surface area contributed by atoms with Crippen LogP contribution in [0.15, 0.2) is 23.3 Å². The van der Waals surface area contributed by atoms with Crippen molar-refractivity contribution in [3.63, 3.8) is 0 Å². The molecule has 0 spiro atoms. The lowest BCUT2D eigenvalue weighted by atomic mass is 10.3. The number of urea groups is 1. The van der Waals surface area contributed by atoms with Crippen LogP contribution in [0.25, 0.3) is 4.85 Å². The Labute approximate surface area is 117 Å². The number of hydrogen-bond acceptors (Lipinski definition) is 5. The van der Waals surface area contributed by atoms with Gasteiger partial charge < -0.3 is 16.0 Å². The molecule has 8 nitrogen and oxygen atoms in total. The van der Waals surface area contributed by atoms with Gasteiger partial charge in [-0.15, -0.1) is 0 Å². The summed E-state index contributed by atoms with van der Waals surface area (Å²) in [6.07, 6.45) is 2.95. The summed E-state index contributed by atoms with van der Waals surface area (Å²) in [5.74, 6) is 0. The molecule has 0 aliphatic carbocycles. The number of anilines is 3. The van der Waals surface area contributed by atoms with E-state index in [9.17, 15) is 9.59 Å². The molecule has 2 heterocycles. The van der Waals surface area contributed by atoms with Crippen LogP contribution in [0.5, 0.6) is 0 Å². The maximum Gasteiger partial charge on any atom is 0.319 e. The maximum atomic E-state index is 11.6. The zero-order valence-electron chi connectivity index (χ0n) is 10.4. The number of aromatic nitrogens is 2. The number of hydrogen-bond donors (Lipinski definition) is 4. The summed E-state index contributed by atoms with van der Waals surface area (Å²) < 4.78 is 2.52. The summed E-state index contributed by atoms with van der Waals surface area (Å²) in [4.78, 5) is 30.1. The van der Waals surface area contributed by atoms with Gasteiger partial charge in [0.1, 0.15) is 10.7 Å². The van der Waals surface area contributed by atoms with Crippen molar-refractivity contribution in [2.75, 3.05) is 17.7 Å². The highest BCUT2D eigenvalue weighted by Gasteiger charge is 2.13. The number of aromatic amines is 1. The number of H-pyrrole nitrogens is 1. The van der Waals surface area contributed by atoms with Crippen molar-refractivity contribution in [1.29, 1.82) is 0 Å². The third-order valence-corrected chi connectivity index (χ3v) is 3.07. The van der Waals surface area contributed by atoms with Crippen LogP contribution in [0.4, 0.5) is 26.9 Å². The minimum atomic E-state index is -0.495. The molecule has 0 unspecified atom stereocenters. The molecule has 2 aromatic heterocycles. The molecule has 2 aromatic rings. The molecular weight excluding hydrogens is 280 g/mol. The molecule has 0 fully saturated rings. The molecule has 0 atom stereocenters. The fourth-order valence-corrected chi connectivity index (χ4v) is 2.08. The van der Waals surface area contributed by atoms with Crippen molar-refractivity contribution in [3.8, 4) is 0 Å². The van der Waals surface area contributed by atoms with E-state index in [4.69, 9.17) is 6.57 Å². The minimum Gasteiger partial charge on any atom is -0.344 e. The number of carbonyl (C=O) groups is 1. The Hall–Kier alpha value is -2.86. The van der Waals surface area contributed by atoms with Crippen LogP contribution < -0.4 is 21.5 Å². The second kappa shape index (κ2) is 5.85. The standard InChI is InChI=1S/C11H10N6O2S/c1-12-6-3-7(5-14-4-6)15-10-8(9(18)17-20-10)16-11(19)13-2/h3-5,15H,2H3,(H,17,18)(H2,13,16,19). The summed E-state index contributed by atoms with van der Waals surface area (Å²) in [6.45, 7) is 6.92. The summed E-state index contributed by atoms with van der Waals surface area (Å²) in [7, 11) is 1.45. The number of pyridine rings is 1. The van der Waals surface area contributed by atoms with Crippen molar-refractivity contribution >= 4 is 39.6 Å². The fourth-order valence-electron chi connectivity index (χ4n) is 1.37. The molecule has 0 bridgehead atoms. The molecule has 2 rings (SSSR count). The first kappa shape index (κ1) is 13.6. The molecule has 0 aliphatic rings. The number of amides is 2. The minimum absolute atomic E-state index is 0.113. The van der Waals surface area contributed by atoms with Crippen molar-refractivity contribution < 1.29 is 4.79 Å². The van der Waals surface area contributed by atoms with Gasteiger partial charge in [0.05, 0.1) is 6.57 Å². The van der Waals surface area contributed by atoms with Gasteiger partial charge in [-0.1, -0.05) is 0 Å². The Balaban J connectivity index is 2.27. The number of carbonyl (C=O) groups excluding carboxylic acids is 1. The van der Waals surface area contributed by atoms with E-state index in [1.165, 1.54) is 19.4 Å². The smallest absolute Gasteiger partial charge is 0.319 e. The molecule has 4 N–H and O–H groups in total. The summed E-state index contributed by atoms with van der Waals surface area (Å²) in [5, 5.41) is 8.16. The zero-order valence-corrected chi connectivity index (χ0v) is 11.2. The van der Waals surface area contributed by atoms with Crippen molar-refractivity contribution in [3.05, 3.63) is 40.2 Å². The van der Waals surface area contributed by atoms with E-state index in [1.807, 2.05) is 0 Å². The van der Waals surface area contributed by atoms with Crippen LogP contribution in [0.1, 0.15) is 0 Å². The first-order valence-corrected chi connectivity index (χ1v) is 6.25. The molecule has 20 heavy (non-hydrogen) atoms. The molecule has 102 valence electrons. The zero-order chi connectivity index (χ0) is 14.5. The first-order valence-electron chi connectivity index (χ1n) is 5.43. The monoisotopic (exact) mass is 290 g/mol. The fraction of sp³-hybridized carbons (Fsp3) is 0.0909. The van der Waals surface area contributed by atoms with Gasteiger partial charge in [-0.2, -0.15) is 0 Å². The molecule has 0 aliphatic heterocycles. The van der Waals surface area contributed by atoms with Gasteiger partial charge in [0.2, 0.25) is 5.69 Å². The highest BCUT2D eigenvalue weighted by atomic mass is 32.1. The van der Waals surface area contributed by atoms with E-state index in [0.717, 1.165) is 11.5 Å². The van der Waals surface area contributed by atoms with E-state index in [0.29, 0.717) is 16.4 Å². The van der Waals surface area contributed by atoms with E-state index < -0.39 is 11.6 Å². The van der Waals surface area contributed by atoms with E-state index >= 15 is 0 Å². The van der Waals surface area contributed by atoms with Crippen LogP contribution in [-0.4, -0.2) is 22.4 Å². The van der Waals surface area contributed by atoms with Gasteiger partial charge in [-0.3, -0.25) is 14.2 Å². The largest absolute Gasteiger partial charge is 0.344 e. The maximum absolute atomic E-state index is 11.6. The average molecular weight is 290 g/mol. The van der Waals surface area contributed by atoms with Crippen LogP contribution >= 0.6 is 11.5 Å². The Morgan fingerprint density at radius 2 is 2.30 bits per heavy atom. The lowest BCUT2D eigenvalue weighted by Gasteiger charge is -2.06. The second-order valence-corrected chi connectivity index (χ2v) is 4.43. The average Bonchev–Trinajstić information content (AvgIpc) is 2.80. The summed E-state index contributed by atoms with van der Waals surface area (Å²) in [6, 6.07) is 1.10. The normalized spacial score (nSPS) is 9.60. The Kier molecular flexibility index (Phi) is 3.97. The Bertz CT molecular complexity index is 729. The van der Waals surface area contributed by atoms with E-state index in [1.54, 1.807) is 6.07 Å². The second-order valence-electron chi connectivity index (χ2n) is 3.61. The van der Waals surface area contributed by atoms with E-state index in [2.05, 4.69) is 30.2 Å². The summed E-state index contributed by atoms with van der Waals surface area (Å²) in [5.41, 5.74) is 0.630. The van der Waals surface area contributed by atoms with Gasteiger partial charge in [0.15, 0.2) is 0 Å². The van der Waals surface area contributed by atoms with Gasteiger partial charge in [-0.25, -0.2) is 9.64 Å². The molecule has 9 heteroatoms. The summed E-state index contributed by atoms with van der Waals surface area (Å²) >= 11 is 1.04. The first-order chi connectivity index (χ1) is 9.63. The van der Waals surface area contributed by atoms with Gasteiger partial charge >= 0.3 is 6.03 Å². The molecule has 0 radical (unpaired) electrons. The van der Waals surface area contributed by atoms with Crippen LogP contribution in [-0.2, 0) is 0 Å². The predicted octanol–water partition coefficient (Wildman–Crippen LogP) is 1.88. The van der Waals surface area contributed by atoms with E-state index in [-0.39, 0.29) is 5.69 Å². The lowest BCUT2D eigenvalue weighted by Crippen LogP contribution is -2.27. The molecule has 0 saturated heterocycles. The quantitative estimate of drug-likeness (QED) is 0.648. The predicted molar refractivity (Wildman–Crippen MR) is 76.8 cm³/mol. The van der Waals surface area contributed by atoms with Crippen LogP contribution in [0.2, 0.25) is 0 Å². The molecule has 2 amide bonds. The SMILES string of the molecule is [C-]#[N+]c1cncc(Nc2s[nH]c(=O)c2NC(=O)NC)c1. The molecular formula is C11H10N6O2S. The highest BCUT2D eigenvalue weighted by molar-refractivity contribution is 7.11. The van der Waals surface area contributed by atoms with Crippen LogP contribution in [0.3, 0.4) is 0 Å². The molecule has 0 aromatic carbocycles. The van der Waals surface area contributed by atoms with Crippen molar-refractivity contribution in [1.82, 2.24) is 14.7 Å². The number of nitrogens with zero attached hydrogens (tertiary/aromatic N) is 2.